The zero-order chi connectivity index (χ0) is 19.9. The van der Waals surface area contributed by atoms with Gasteiger partial charge in [0.15, 0.2) is 0 Å². The molecule has 0 spiro atoms. The Labute approximate surface area is 165 Å². The standard InChI is InChI=1S/C24H23N3O/c1-3-17-10-7-11-18(4-2)23(17)27-24(28)20(15-25)16-26-22-14-8-12-19-9-5-6-13-21(19)22/h5-14,16,26H,3-4H2,1-2H3,(H,27,28)/b20-16-. The van der Waals surface area contributed by atoms with Gasteiger partial charge in [0.05, 0.1) is 0 Å². The molecular formula is C24H23N3O. The molecule has 0 bridgehead atoms. The topological polar surface area (TPSA) is 64.9 Å². The number of hydrogen-bond acceptors (Lipinski definition) is 3. The number of benzene rings is 3. The van der Waals surface area contributed by atoms with Crippen LogP contribution < -0.4 is 10.6 Å². The van der Waals surface area contributed by atoms with Crippen LogP contribution in [-0.4, -0.2) is 5.91 Å². The van der Waals surface area contributed by atoms with Crippen LogP contribution in [0.1, 0.15) is 25.0 Å². The third kappa shape index (κ3) is 4.05. The fourth-order valence-electron chi connectivity index (χ4n) is 3.23. The number of aryl methyl sites for hydroxylation is 2. The van der Waals surface area contributed by atoms with Crippen LogP contribution in [0.4, 0.5) is 11.4 Å². The smallest absolute Gasteiger partial charge is 0.267 e. The number of fused-ring (bicyclic) bond motifs is 1. The highest BCUT2D eigenvalue weighted by Gasteiger charge is 2.14. The summed E-state index contributed by atoms with van der Waals surface area (Å²) in [5, 5.41) is 17.7. The molecule has 1 amide bonds. The Kier molecular flexibility index (Phi) is 6.08. The Hall–Kier alpha value is -3.58. The van der Waals surface area contributed by atoms with Gasteiger partial charge in [-0.05, 0) is 35.4 Å². The second-order valence-electron chi connectivity index (χ2n) is 6.45. The molecular weight excluding hydrogens is 346 g/mol. The molecule has 0 saturated heterocycles. The molecule has 0 aliphatic carbocycles. The van der Waals surface area contributed by atoms with Gasteiger partial charge in [0.25, 0.3) is 5.91 Å². The van der Waals surface area contributed by atoms with Gasteiger partial charge < -0.3 is 10.6 Å². The highest BCUT2D eigenvalue weighted by atomic mass is 16.1. The molecule has 0 saturated carbocycles. The molecule has 0 radical (unpaired) electrons. The maximum atomic E-state index is 12.7. The third-order valence-electron chi connectivity index (χ3n) is 4.76. The van der Waals surface area contributed by atoms with E-state index in [1.54, 1.807) is 0 Å². The van der Waals surface area contributed by atoms with Crippen LogP contribution in [0.25, 0.3) is 10.8 Å². The molecule has 140 valence electrons. The molecule has 0 heterocycles. The Morgan fingerprint density at radius 3 is 2.29 bits per heavy atom. The minimum absolute atomic E-state index is 0.0286. The van der Waals surface area contributed by atoms with Crippen molar-refractivity contribution in [3.05, 3.63) is 83.6 Å². The van der Waals surface area contributed by atoms with E-state index in [0.717, 1.165) is 46.1 Å². The minimum atomic E-state index is -0.411. The van der Waals surface area contributed by atoms with E-state index in [1.807, 2.05) is 80.6 Å². The van der Waals surface area contributed by atoms with Crippen molar-refractivity contribution in [2.24, 2.45) is 0 Å². The molecule has 3 aromatic rings. The van der Waals surface area contributed by atoms with Crippen molar-refractivity contribution in [2.75, 3.05) is 10.6 Å². The van der Waals surface area contributed by atoms with Gasteiger partial charge >= 0.3 is 0 Å². The van der Waals surface area contributed by atoms with E-state index in [0.29, 0.717) is 0 Å². The van der Waals surface area contributed by atoms with Crippen molar-refractivity contribution in [3.8, 4) is 6.07 Å². The summed E-state index contributed by atoms with van der Waals surface area (Å²) >= 11 is 0. The molecule has 28 heavy (non-hydrogen) atoms. The molecule has 0 aliphatic heterocycles. The fraction of sp³-hybridized carbons (Fsp3) is 0.167. The van der Waals surface area contributed by atoms with Crippen LogP contribution in [-0.2, 0) is 17.6 Å². The zero-order valence-corrected chi connectivity index (χ0v) is 16.1. The maximum Gasteiger partial charge on any atom is 0.267 e. The fourth-order valence-corrected chi connectivity index (χ4v) is 3.23. The number of nitriles is 1. The molecule has 0 unspecified atom stereocenters. The second-order valence-corrected chi connectivity index (χ2v) is 6.45. The molecule has 2 N–H and O–H groups in total. The third-order valence-corrected chi connectivity index (χ3v) is 4.76. The number of carbonyl (C=O) groups is 1. The minimum Gasteiger partial charge on any atom is -0.360 e. The molecule has 3 rings (SSSR count). The lowest BCUT2D eigenvalue weighted by atomic mass is 10.0. The summed E-state index contributed by atoms with van der Waals surface area (Å²) in [6.07, 6.45) is 3.09. The SMILES string of the molecule is CCc1cccc(CC)c1NC(=O)/C(C#N)=C\Nc1cccc2ccccc12. The number of nitrogens with one attached hydrogen (secondary N) is 2. The Morgan fingerprint density at radius 1 is 0.964 bits per heavy atom. The van der Waals surface area contributed by atoms with E-state index in [-0.39, 0.29) is 5.57 Å². The van der Waals surface area contributed by atoms with Crippen LogP contribution in [0.15, 0.2) is 72.4 Å². The number of nitrogens with zero attached hydrogens (tertiary/aromatic N) is 1. The highest BCUT2D eigenvalue weighted by Crippen LogP contribution is 2.24. The summed E-state index contributed by atoms with van der Waals surface area (Å²) in [6, 6.07) is 21.9. The molecule has 0 aliphatic rings. The monoisotopic (exact) mass is 369 g/mol. The van der Waals surface area contributed by atoms with E-state index in [9.17, 15) is 10.1 Å². The Morgan fingerprint density at radius 2 is 1.61 bits per heavy atom. The van der Waals surface area contributed by atoms with Crippen molar-refractivity contribution in [2.45, 2.75) is 26.7 Å². The van der Waals surface area contributed by atoms with Gasteiger partial charge in [0, 0.05) is 23.0 Å². The van der Waals surface area contributed by atoms with Crippen molar-refractivity contribution in [3.63, 3.8) is 0 Å². The van der Waals surface area contributed by atoms with Gasteiger partial charge in [-0.1, -0.05) is 68.4 Å². The van der Waals surface area contributed by atoms with Crippen molar-refractivity contribution < 1.29 is 4.79 Å². The average molecular weight is 369 g/mol. The summed E-state index contributed by atoms with van der Waals surface area (Å²) in [5.74, 6) is -0.411. The van der Waals surface area contributed by atoms with Crippen LogP contribution in [0.2, 0.25) is 0 Å². The molecule has 3 aromatic carbocycles. The van der Waals surface area contributed by atoms with Crippen LogP contribution in [0, 0.1) is 11.3 Å². The zero-order valence-electron chi connectivity index (χ0n) is 16.1. The van der Waals surface area contributed by atoms with Gasteiger partial charge in [-0.3, -0.25) is 4.79 Å². The lowest BCUT2D eigenvalue weighted by Crippen LogP contribution is -2.17. The number of para-hydroxylation sites is 1. The summed E-state index contributed by atoms with van der Waals surface area (Å²) in [4.78, 5) is 12.7. The van der Waals surface area contributed by atoms with E-state index in [1.165, 1.54) is 6.20 Å². The second kappa shape index (κ2) is 8.88. The summed E-state index contributed by atoms with van der Waals surface area (Å²) in [6.45, 7) is 4.10. The average Bonchev–Trinajstić information content (AvgIpc) is 2.74. The molecule has 4 heteroatoms. The van der Waals surface area contributed by atoms with Crippen LogP contribution >= 0.6 is 0 Å². The number of carbonyl (C=O) groups excluding carboxylic acids is 1. The first-order valence-corrected chi connectivity index (χ1v) is 9.44. The number of hydrogen-bond donors (Lipinski definition) is 2. The van der Waals surface area contributed by atoms with Crippen molar-refractivity contribution in [1.29, 1.82) is 5.26 Å². The largest absolute Gasteiger partial charge is 0.360 e. The van der Waals surface area contributed by atoms with E-state index < -0.39 is 5.91 Å². The van der Waals surface area contributed by atoms with Crippen molar-refractivity contribution >= 4 is 28.1 Å². The van der Waals surface area contributed by atoms with Gasteiger partial charge in [-0.25, -0.2) is 0 Å². The van der Waals surface area contributed by atoms with Crippen molar-refractivity contribution in [1.82, 2.24) is 0 Å². The first-order valence-electron chi connectivity index (χ1n) is 9.44. The summed E-state index contributed by atoms with van der Waals surface area (Å²) in [5.41, 5.74) is 3.81. The quantitative estimate of drug-likeness (QED) is 0.450. The maximum absolute atomic E-state index is 12.7. The number of amides is 1. The number of anilines is 2. The Bertz CT molecular complexity index is 1050. The lowest BCUT2D eigenvalue weighted by molar-refractivity contribution is -0.112. The first-order chi connectivity index (χ1) is 13.7. The molecule has 0 fully saturated rings. The van der Waals surface area contributed by atoms with E-state index >= 15 is 0 Å². The molecule has 0 atom stereocenters. The predicted octanol–water partition coefficient (Wildman–Crippen LogP) is 5.42. The van der Waals surface area contributed by atoms with Gasteiger partial charge in [-0.15, -0.1) is 0 Å². The van der Waals surface area contributed by atoms with E-state index in [4.69, 9.17) is 0 Å². The predicted molar refractivity (Wildman–Crippen MR) is 115 cm³/mol. The van der Waals surface area contributed by atoms with Crippen LogP contribution in [0.5, 0.6) is 0 Å². The molecule has 0 aromatic heterocycles. The van der Waals surface area contributed by atoms with Gasteiger partial charge in [-0.2, -0.15) is 5.26 Å². The van der Waals surface area contributed by atoms with Gasteiger partial charge in [0.1, 0.15) is 11.6 Å². The van der Waals surface area contributed by atoms with Crippen LogP contribution in [0.3, 0.4) is 0 Å². The first kappa shape index (κ1) is 19.2. The number of rotatable bonds is 6. The van der Waals surface area contributed by atoms with Gasteiger partial charge in [0.2, 0.25) is 0 Å². The normalized spacial score (nSPS) is 11.1. The summed E-state index contributed by atoms with van der Waals surface area (Å²) < 4.78 is 0. The Balaban J connectivity index is 1.86. The van der Waals surface area contributed by atoms with E-state index in [2.05, 4.69) is 10.6 Å². The highest BCUT2D eigenvalue weighted by molar-refractivity contribution is 6.07. The molecule has 4 nitrogen and oxygen atoms in total. The lowest BCUT2D eigenvalue weighted by Gasteiger charge is -2.14. The summed E-state index contributed by atoms with van der Waals surface area (Å²) in [7, 11) is 0.